The first-order chi connectivity index (χ1) is 13.7. The van der Waals surface area contributed by atoms with Crippen LogP contribution in [0.4, 0.5) is 27.8 Å². The van der Waals surface area contributed by atoms with Crippen molar-refractivity contribution < 1.29 is 31.5 Å². The lowest BCUT2D eigenvalue weighted by Crippen LogP contribution is -2.15. The highest BCUT2D eigenvalue weighted by atomic mass is 35.5. The second-order valence-corrected chi connectivity index (χ2v) is 6.18. The molecule has 1 aromatic heterocycles. The third-order valence-electron chi connectivity index (χ3n) is 3.91. The number of benzene rings is 2. The maximum atomic E-state index is 13.8. The van der Waals surface area contributed by atoms with E-state index >= 15 is 0 Å². The van der Waals surface area contributed by atoms with E-state index in [1.165, 1.54) is 37.6 Å². The summed E-state index contributed by atoms with van der Waals surface area (Å²) < 4.78 is 73.3. The monoisotopic (exact) mass is 431 g/mol. The summed E-state index contributed by atoms with van der Waals surface area (Å²) >= 11 is 5.87. The van der Waals surface area contributed by atoms with Crippen molar-refractivity contribution in [3.05, 3.63) is 75.7 Å². The molecular weight excluding hydrogens is 421 g/mol. The first-order valence-corrected chi connectivity index (χ1v) is 8.29. The van der Waals surface area contributed by atoms with Crippen molar-refractivity contribution in [1.29, 1.82) is 0 Å². The van der Waals surface area contributed by atoms with E-state index in [4.69, 9.17) is 16.3 Å². The molecule has 1 amide bonds. The first kappa shape index (κ1) is 20.6. The zero-order valence-electron chi connectivity index (χ0n) is 14.6. The Morgan fingerprint density at radius 1 is 1.07 bits per heavy atom. The van der Waals surface area contributed by atoms with Crippen LogP contribution in [0.2, 0.25) is 5.02 Å². The van der Waals surface area contributed by atoms with Gasteiger partial charge in [-0.3, -0.25) is 9.48 Å². The lowest BCUT2D eigenvalue weighted by molar-refractivity contribution is 0.102. The molecule has 0 aliphatic heterocycles. The topological polar surface area (TPSA) is 56.1 Å². The fourth-order valence-electron chi connectivity index (χ4n) is 2.51. The molecule has 11 heteroatoms. The third kappa shape index (κ3) is 4.02. The third-order valence-corrected chi connectivity index (χ3v) is 4.14. The van der Waals surface area contributed by atoms with Crippen molar-refractivity contribution in [3.8, 4) is 5.75 Å². The predicted molar refractivity (Wildman–Crippen MR) is 93.5 cm³/mol. The van der Waals surface area contributed by atoms with Gasteiger partial charge in [-0.2, -0.15) is 5.10 Å². The van der Waals surface area contributed by atoms with Crippen molar-refractivity contribution >= 4 is 23.3 Å². The molecule has 1 heterocycles. The van der Waals surface area contributed by atoms with Crippen LogP contribution in [0.15, 0.2) is 30.5 Å². The summed E-state index contributed by atoms with van der Waals surface area (Å²) in [6.07, 6.45) is 1.20. The normalized spacial score (nSPS) is 10.9. The molecule has 2 aromatic carbocycles. The average molecular weight is 432 g/mol. The molecule has 3 rings (SSSR count). The van der Waals surface area contributed by atoms with Gasteiger partial charge >= 0.3 is 0 Å². The van der Waals surface area contributed by atoms with E-state index < -0.39 is 47.1 Å². The minimum Gasteiger partial charge on any atom is -0.496 e. The van der Waals surface area contributed by atoms with E-state index in [1.807, 2.05) is 0 Å². The maximum Gasteiger partial charge on any atom is 0.260 e. The van der Waals surface area contributed by atoms with E-state index in [1.54, 1.807) is 0 Å². The van der Waals surface area contributed by atoms with Gasteiger partial charge in [-0.25, -0.2) is 22.0 Å². The highest BCUT2D eigenvalue weighted by Gasteiger charge is 2.26. The molecule has 0 aliphatic carbocycles. The van der Waals surface area contributed by atoms with Gasteiger partial charge in [0.15, 0.2) is 29.1 Å². The van der Waals surface area contributed by atoms with Gasteiger partial charge in [-0.15, -0.1) is 0 Å². The van der Waals surface area contributed by atoms with Crippen molar-refractivity contribution in [2.45, 2.75) is 6.54 Å². The van der Waals surface area contributed by atoms with Crippen molar-refractivity contribution in [2.24, 2.45) is 0 Å². The minimum atomic E-state index is -2.24. The lowest BCUT2D eigenvalue weighted by atomic mass is 10.1. The molecule has 0 radical (unpaired) electrons. The Morgan fingerprint density at radius 2 is 1.69 bits per heavy atom. The van der Waals surface area contributed by atoms with Crippen LogP contribution in [0.1, 0.15) is 15.9 Å². The standard InChI is InChI=1S/C18H11ClF5N3O2/c1-29-11-3-2-8(19)6-9(11)18(28)25-12-4-5-27(26-12)7-10-13(20)15(22)17(24)16(23)14(10)21/h2-6H,7H2,1H3,(H,25,26,28). The number of hydrogen-bond acceptors (Lipinski definition) is 3. The summed E-state index contributed by atoms with van der Waals surface area (Å²) in [7, 11) is 1.36. The zero-order valence-corrected chi connectivity index (χ0v) is 15.3. The number of halogens is 6. The number of carbonyl (C=O) groups is 1. The molecule has 0 atom stereocenters. The molecule has 0 aliphatic rings. The van der Waals surface area contributed by atoms with Gasteiger partial charge in [0.05, 0.1) is 24.8 Å². The van der Waals surface area contributed by atoms with Crippen molar-refractivity contribution in [2.75, 3.05) is 12.4 Å². The second-order valence-electron chi connectivity index (χ2n) is 5.75. The molecule has 1 N–H and O–H groups in total. The number of rotatable bonds is 5. The van der Waals surface area contributed by atoms with E-state index in [0.29, 0.717) is 0 Å². The Labute approximate surface area is 165 Å². The van der Waals surface area contributed by atoms with E-state index in [2.05, 4.69) is 10.4 Å². The molecule has 0 fully saturated rings. The van der Waals surface area contributed by atoms with Crippen LogP contribution < -0.4 is 10.1 Å². The number of ether oxygens (including phenoxy) is 1. The largest absolute Gasteiger partial charge is 0.496 e. The van der Waals surface area contributed by atoms with E-state index in [0.717, 1.165) is 4.68 Å². The molecule has 0 unspecified atom stereocenters. The highest BCUT2D eigenvalue weighted by molar-refractivity contribution is 6.31. The molecule has 0 bridgehead atoms. The molecule has 3 aromatic rings. The molecule has 5 nitrogen and oxygen atoms in total. The van der Waals surface area contributed by atoms with E-state index in [-0.39, 0.29) is 22.2 Å². The highest BCUT2D eigenvalue weighted by Crippen LogP contribution is 2.25. The number of hydrogen-bond donors (Lipinski definition) is 1. The van der Waals surface area contributed by atoms with Gasteiger partial charge in [0.2, 0.25) is 5.82 Å². The number of amides is 1. The van der Waals surface area contributed by atoms with Gasteiger partial charge in [0.25, 0.3) is 5.91 Å². The fourth-order valence-corrected chi connectivity index (χ4v) is 2.68. The summed E-state index contributed by atoms with van der Waals surface area (Å²) in [6.45, 7) is -0.748. The molecule has 152 valence electrons. The lowest BCUT2D eigenvalue weighted by Gasteiger charge is -2.09. The number of nitrogens with one attached hydrogen (secondary N) is 1. The number of anilines is 1. The maximum absolute atomic E-state index is 13.8. The van der Waals surface area contributed by atoms with Gasteiger partial charge < -0.3 is 10.1 Å². The van der Waals surface area contributed by atoms with Crippen LogP contribution in [0, 0.1) is 29.1 Å². The molecule has 29 heavy (non-hydrogen) atoms. The van der Waals surface area contributed by atoms with Crippen LogP contribution in [-0.4, -0.2) is 22.8 Å². The summed E-state index contributed by atoms with van der Waals surface area (Å²) in [4.78, 5) is 12.4. The Balaban J connectivity index is 1.83. The summed E-state index contributed by atoms with van der Waals surface area (Å²) in [6, 6.07) is 5.65. The minimum absolute atomic E-state index is 0.0269. The predicted octanol–water partition coefficient (Wildman–Crippen LogP) is 4.54. The summed E-state index contributed by atoms with van der Waals surface area (Å²) in [5.41, 5.74) is -0.951. The number of aromatic nitrogens is 2. The average Bonchev–Trinajstić information content (AvgIpc) is 3.15. The SMILES string of the molecule is COc1ccc(Cl)cc1C(=O)Nc1ccn(Cc2c(F)c(F)c(F)c(F)c2F)n1. The summed E-state index contributed by atoms with van der Waals surface area (Å²) in [5.74, 6) is -10.7. The fraction of sp³-hybridized carbons (Fsp3) is 0.111. The molecule has 0 spiro atoms. The van der Waals surface area contributed by atoms with Gasteiger partial charge in [-0.1, -0.05) is 11.6 Å². The number of methoxy groups -OCH3 is 1. The number of nitrogens with zero attached hydrogens (tertiary/aromatic N) is 2. The van der Waals surface area contributed by atoms with Crippen molar-refractivity contribution in [1.82, 2.24) is 9.78 Å². The molecular formula is C18H11ClF5N3O2. The van der Waals surface area contributed by atoms with Crippen LogP contribution in [0.3, 0.4) is 0 Å². The zero-order chi connectivity index (χ0) is 21.3. The number of carbonyl (C=O) groups excluding carboxylic acids is 1. The summed E-state index contributed by atoms with van der Waals surface area (Å²) in [5, 5.41) is 6.56. The van der Waals surface area contributed by atoms with Crippen molar-refractivity contribution in [3.63, 3.8) is 0 Å². The Morgan fingerprint density at radius 3 is 2.31 bits per heavy atom. The molecule has 0 saturated heterocycles. The quantitative estimate of drug-likeness (QED) is 0.366. The Hall–Kier alpha value is -3.14. The molecule has 0 saturated carbocycles. The van der Waals surface area contributed by atoms with Gasteiger partial charge in [-0.05, 0) is 18.2 Å². The second kappa shape index (κ2) is 8.08. The Kier molecular flexibility index (Phi) is 5.73. The van der Waals surface area contributed by atoms with Gasteiger partial charge in [0.1, 0.15) is 5.75 Å². The van der Waals surface area contributed by atoms with E-state index in [9.17, 15) is 26.7 Å². The van der Waals surface area contributed by atoms with Gasteiger partial charge in [0, 0.05) is 17.3 Å². The van der Waals surface area contributed by atoms with Crippen LogP contribution >= 0.6 is 11.6 Å². The van der Waals surface area contributed by atoms with Crippen LogP contribution in [-0.2, 0) is 6.54 Å². The smallest absolute Gasteiger partial charge is 0.260 e. The Bertz CT molecular complexity index is 1070. The first-order valence-electron chi connectivity index (χ1n) is 7.91. The van der Waals surface area contributed by atoms with Crippen LogP contribution in [0.5, 0.6) is 5.75 Å². The van der Waals surface area contributed by atoms with Crippen LogP contribution in [0.25, 0.3) is 0 Å².